The maximum Gasteiger partial charge on any atom is 0.351 e. The molecule has 4 atom stereocenters. The predicted octanol–water partition coefficient (Wildman–Crippen LogP) is -1.45. The Morgan fingerprint density at radius 1 is 1.63 bits per heavy atom. The lowest BCUT2D eigenvalue weighted by Gasteiger charge is -2.20. The smallest absolute Gasteiger partial charge is 0.351 e. The van der Waals surface area contributed by atoms with Crippen molar-refractivity contribution < 1.29 is 19.7 Å². The molecule has 0 spiro atoms. The van der Waals surface area contributed by atoms with Gasteiger partial charge in [-0.3, -0.25) is 4.57 Å². The molecule has 2 heterocycles. The van der Waals surface area contributed by atoms with Crippen molar-refractivity contribution >= 4 is 5.82 Å². The standard InChI is InChI=1S/C11H17N3O5/c1-12-7-3-4-14(11(17)13-7)10-9(18-2)8(16)6(5-15)19-10/h3-4,6,8-10,15-16H,5H2,1-2H3,(H,12,13,17)/t6-,8+,9-,10-/m1/s1. The first-order chi connectivity index (χ1) is 9.12. The third-order valence-electron chi connectivity index (χ3n) is 3.13. The lowest BCUT2D eigenvalue weighted by molar-refractivity contribution is -0.0624. The average molecular weight is 271 g/mol. The molecule has 8 nitrogen and oxygen atoms in total. The van der Waals surface area contributed by atoms with Crippen LogP contribution in [0.25, 0.3) is 0 Å². The minimum Gasteiger partial charge on any atom is -0.394 e. The van der Waals surface area contributed by atoms with Crippen LogP contribution in [0.3, 0.4) is 0 Å². The van der Waals surface area contributed by atoms with Gasteiger partial charge < -0.3 is 25.0 Å². The summed E-state index contributed by atoms with van der Waals surface area (Å²) in [4.78, 5) is 15.7. The number of aromatic nitrogens is 2. The summed E-state index contributed by atoms with van der Waals surface area (Å²) in [7, 11) is 3.06. The highest BCUT2D eigenvalue weighted by atomic mass is 16.6. The van der Waals surface area contributed by atoms with Gasteiger partial charge in [0.15, 0.2) is 6.23 Å². The van der Waals surface area contributed by atoms with Crippen LogP contribution < -0.4 is 11.0 Å². The summed E-state index contributed by atoms with van der Waals surface area (Å²) >= 11 is 0. The summed E-state index contributed by atoms with van der Waals surface area (Å²) in [6.07, 6.45) is -1.84. The van der Waals surface area contributed by atoms with Gasteiger partial charge in [-0.25, -0.2) is 4.79 Å². The molecule has 0 amide bonds. The van der Waals surface area contributed by atoms with Gasteiger partial charge in [0, 0.05) is 20.4 Å². The van der Waals surface area contributed by atoms with Crippen LogP contribution in [-0.2, 0) is 9.47 Å². The molecule has 1 fully saturated rings. The van der Waals surface area contributed by atoms with Crippen LogP contribution in [0.2, 0.25) is 0 Å². The van der Waals surface area contributed by atoms with E-state index in [9.17, 15) is 9.90 Å². The Bertz CT molecular complexity index is 491. The number of hydrogen-bond acceptors (Lipinski definition) is 7. The summed E-state index contributed by atoms with van der Waals surface area (Å²) in [6.45, 7) is -0.353. The minimum atomic E-state index is -1.00. The number of nitrogens with zero attached hydrogens (tertiary/aromatic N) is 2. The van der Waals surface area contributed by atoms with Crippen LogP contribution in [-0.4, -0.2) is 58.8 Å². The second-order valence-electron chi connectivity index (χ2n) is 4.19. The normalized spacial score (nSPS) is 30.5. The highest BCUT2D eigenvalue weighted by Gasteiger charge is 2.45. The van der Waals surface area contributed by atoms with Crippen LogP contribution in [0.15, 0.2) is 17.1 Å². The molecule has 0 aromatic carbocycles. The Labute approximate surface area is 109 Å². The number of anilines is 1. The maximum absolute atomic E-state index is 11.9. The Kier molecular flexibility index (Phi) is 4.15. The first-order valence-corrected chi connectivity index (χ1v) is 5.86. The van der Waals surface area contributed by atoms with Gasteiger partial charge in [0.05, 0.1) is 6.61 Å². The van der Waals surface area contributed by atoms with Gasteiger partial charge in [-0.2, -0.15) is 4.98 Å². The molecule has 1 aliphatic heterocycles. The van der Waals surface area contributed by atoms with Crippen molar-refractivity contribution in [3.63, 3.8) is 0 Å². The van der Waals surface area contributed by atoms with Gasteiger partial charge in [-0.05, 0) is 6.07 Å². The van der Waals surface area contributed by atoms with Gasteiger partial charge in [0.2, 0.25) is 0 Å². The molecule has 8 heteroatoms. The molecule has 0 saturated carbocycles. The molecule has 0 radical (unpaired) electrons. The molecule has 0 bridgehead atoms. The Hall–Kier alpha value is -1.48. The highest BCUT2D eigenvalue weighted by molar-refractivity contribution is 5.30. The van der Waals surface area contributed by atoms with Crippen LogP contribution in [0.4, 0.5) is 5.82 Å². The van der Waals surface area contributed by atoms with E-state index in [1.807, 2.05) is 0 Å². The Balaban J connectivity index is 2.33. The summed E-state index contributed by atoms with van der Waals surface area (Å²) in [6, 6.07) is 1.61. The quantitative estimate of drug-likeness (QED) is 0.615. The van der Waals surface area contributed by atoms with Gasteiger partial charge in [0.25, 0.3) is 0 Å². The van der Waals surface area contributed by atoms with Crippen molar-refractivity contribution in [2.75, 3.05) is 26.1 Å². The largest absolute Gasteiger partial charge is 0.394 e. The van der Waals surface area contributed by atoms with E-state index in [4.69, 9.17) is 14.6 Å². The predicted molar refractivity (Wildman–Crippen MR) is 65.8 cm³/mol. The first-order valence-electron chi connectivity index (χ1n) is 5.86. The van der Waals surface area contributed by atoms with E-state index in [-0.39, 0.29) is 6.61 Å². The van der Waals surface area contributed by atoms with E-state index < -0.39 is 30.2 Å². The molecule has 1 saturated heterocycles. The lowest BCUT2D eigenvalue weighted by Crippen LogP contribution is -2.37. The zero-order chi connectivity index (χ0) is 14.0. The van der Waals surface area contributed by atoms with Crippen LogP contribution in [0.5, 0.6) is 0 Å². The van der Waals surface area contributed by atoms with Crippen LogP contribution in [0, 0.1) is 0 Å². The molecular weight excluding hydrogens is 254 g/mol. The molecule has 0 unspecified atom stereocenters. The number of nitrogens with one attached hydrogen (secondary N) is 1. The Morgan fingerprint density at radius 3 is 2.89 bits per heavy atom. The molecule has 19 heavy (non-hydrogen) atoms. The van der Waals surface area contributed by atoms with E-state index in [0.717, 1.165) is 0 Å². The molecule has 0 aliphatic carbocycles. The first kappa shape index (κ1) is 13.9. The molecular formula is C11H17N3O5. The van der Waals surface area contributed by atoms with E-state index in [1.54, 1.807) is 13.1 Å². The molecule has 106 valence electrons. The number of aliphatic hydroxyl groups excluding tert-OH is 2. The van der Waals surface area contributed by atoms with Crippen molar-refractivity contribution in [1.29, 1.82) is 0 Å². The molecule has 3 N–H and O–H groups in total. The highest BCUT2D eigenvalue weighted by Crippen LogP contribution is 2.30. The summed E-state index contributed by atoms with van der Waals surface area (Å²) in [5, 5.41) is 21.8. The van der Waals surface area contributed by atoms with Crippen molar-refractivity contribution in [3.8, 4) is 0 Å². The third-order valence-corrected chi connectivity index (χ3v) is 3.13. The number of rotatable bonds is 4. The van der Waals surface area contributed by atoms with Gasteiger partial charge >= 0.3 is 5.69 Å². The van der Waals surface area contributed by atoms with Gasteiger partial charge in [0.1, 0.15) is 24.1 Å². The van der Waals surface area contributed by atoms with Gasteiger partial charge in [-0.15, -0.1) is 0 Å². The molecule has 1 aromatic rings. The van der Waals surface area contributed by atoms with Crippen LogP contribution >= 0.6 is 0 Å². The molecule has 2 rings (SSSR count). The zero-order valence-corrected chi connectivity index (χ0v) is 10.7. The van der Waals surface area contributed by atoms with E-state index >= 15 is 0 Å². The monoisotopic (exact) mass is 271 g/mol. The summed E-state index contributed by atoms with van der Waals surface area (Å²) in [5.41, 5.74) is -0.523. The molecule has 1 aliphatic rings. The topological polar surface area (TPSA) is 106 Å². The SMILES string of the molecule is CNc1ccn([C@@H]2O[C@H](CO)[C@H](O)[C@H]2OC)c(=O)n1. The van der Waals surface area contributed by atoms with Crippen molar-refractivity contribution in [2.45, 2.75) is 24.5 Å². The van der Waals surface area contributed by atoms with Crippen molar-refractivity contribution in [3.05, 3.63) is 22.7 Å². The summed E-state index contributed by atoms with van der Waals surface area (Å²) in [5.74, 6) is 0.437. The number of ether oxygens (including phenoxy) is 2. The average Bonchev–Trinajstić information content (AvgIpc) is 2.74. The maximum atomic E-state index is 11.9. The second kappa shape index (κ2) is 5.66. The number of aliphatic hydroxyl groups is 2. The fourth-order valence-electron chi connectivity index (χ4n) is 2.09. The van der Waals surface area contributed by atoms with E-state index in [2.05, 4.69) is 10.3 Å². The fraction of sp³-hybridized carbons (Fsp3) is 0.636. The lowest BCUT2D eigenvalue weighted by atomic mass is 10.1. The summed E-state index contributed by atoms with van der Waals surface area (Å²) < 4.78 is 11.8. The fourth-order valence-corrected chi connectivity index (χ4v) is 2.09. The second-order valence-corrected chi connectivity index (χ2v) is 4.19. The third kappa shape index (κ3) is 2.47. The van der Waals surface area contributed by atoms with Gasteiger partial charge in [-0.1, -0.05) is 0 Å². The Morgan fingerprint density at radius 2 is 2.37 bits per heavy atom. The van der Waals surface area contributed by atoms with E-state index in [0.29, 0.717) is 5.82 Å². The number of methoxy groups -OCH3 is 1. The number of hydrogen-bond donors (Lipinski definition) is 3. The molecule has 1 aromatic heterocycles. The van der Waals surface area contributed by atoms with Crippen molar-refractivity contribution in [1.82, 2.24) is 9.55 Å². The van der Waals surface area contributed by atoms with Crippen LogP contribution in [0.1, 0.15) is 6.23 Å². The van der Waals surface area contributed by atoms with Crippen molar-refractivity contribution in [2.24, 2.45) is 0 Å². The zero-order valence-electron chi connectivity index (χ0n) is 10.7. The minimum absolute atomic E-state index is 0.353. The van der Waals surface area contributed by atoms with E-state index in [1.165, 1.54) is 17.9 Å².